The van der Waals surface area contributed by atoms with Gasteiger partial charge in [0.25, 0.3) is 11.8 Å². The van der Waals surface area contributed by atoms with Crippen LogP contribution in [0.2, 0.25) is 0 Å². The topological polar surface area (TPSA) is 127 Å². The van der Waals surface area contributed by atoms with Crippen LogP contribution in [0, 0.1) is 0 Å². The van der Waals surface area contributed by atoms with Crippen molar-refractivity contribution in [3.05, 3.63) is 30.0 Å². The number of rotatable bonds is 6. The molecule has 0 fully saturated rings. The van der Waals surface area contributed by atoms with Gasteiger partial charge in [0.1, 0.15) is 11.4 Å². The molecule has 2 amide bonds. The minimum Gasteiger partial charge on any atom is -0.506 e. The first-order chi connectivity index (χ1) is 11.2. The first-order valence-electron chi connectivity index (χ1n) is 6.89. The van der Waals surface area contributed by atoms with Crippen molar-refractivity contribution in [1.82, 2.24) is 9.21 Å². The minimum atomic E-state index is -3.71. The molecule has 10 heteroatoms. The monoisotopic (exact) mass is 355 g/mol. The van der Waals surface area contributed by atoms with Crippen LogP contribution in [0.5, 0.6) is 5.75 Å². The molecule has 0 radical (unpaired) electrons. The summed E-state index contributed by atoms with van der Waals surface area (Å²) in [6, 6.07) is 3.61. The molecule has 0 saturated carbocycles. The van der Waals surface area contributed by atoms with E-state index in [0.29, 0.717) is 0 Å². The van der Waals surface area contributed by atoms with E-state index in [9.17, 15) is 23.1 Å². The SMILES string of the molecule is CN(C)S(=O)(=O)c1ccc(NC2=CC(=O)N(CCO)C2=O)c(O)c1. The van der Waals surface area contributed by atoms with Gasteiger partial charge in [0.2, 0.25) is 10.0 Å². The summed E-state index contributed by atoms with van der Waals surface area (Å²) in [5, 5.41) is 21.4. The number of carbonyl (C=O) groups is 2. The molecule has 2 rings (SSSR count). The number of hydrogen-bond donors (Lipinski definition) is 3. The highest BCUT2D eigenvalue weighted by atomic mass is 32.2. The summed E-state index contributed by atoms with van der Waals surface area (Å²) < 4.78 is 25.0. The molecule has 3 N–H and O–H groups in total. The van der Waals surface area contributed by atoms with Crippen molar-refractivity contribution in [2.75, 3.05) is 32.6 Å². The van der Waals surface area contributed by atoms with Crippen LogP contribution in [0.15, 0.2) is 34.9 Å². The van der Waals surface area contributed by atoms with Crippen LogP contribution in [0.4, 0.5) is 5.69 Å². The second-order valence-corrected chi connectivity index (χ2v) is 7.32. The molecule has 0 atom stereocenters. The van der Waals surface area contributed by atoms with E-state index in [1.54, 1.807) is 0 Å². The summed E-state index contributed by atoms with van der Waals surface area (Å²) in [5.41, 5.74) is -0.00192. The first-order valence-corrected chi connectivity index (χ1v) is 8.33. The van der Waals surface area contributed by atoms with Gasteiger partial charge in [-0.15, -0.1) is 0 Å². The summed E-state index contributed by atoms with van der Waals surface area (Å²) >= 11 is 0. The highest BCUT2D eigenvalue weighted by Gasteiger charge is 2.31. The summed E-state index contributed by atoms with van der Waals surface area (Å²) in [6.45, 7) is -0.494. The van der Waals surface area contributed by atoms with Crippen molar-refractivity contribution in [1.29, 1.82) is 0 Å². The molecule has 1 aromatic carbocycles. The maximum absolute atomic E-state index is 12.0. The molecule has 130 valence electrons. The standard InChI is InChI=1S/C14H17N3O6S/c1-16(2)24(22,23)9-3-4-10(12(19)7-9)15-11-8-13(20)17(5-6-18)14(11)21/h3-4,7-8,15,18-19H,5-6H2,1-2H3. The predicted molar refractivity (Wildman–Crippen MR) is 84.5 cm³/mol. The minimum absolute atomic E-state index is 0.0750. The highest BCUT2D eigenvalue weighted by Crippen LogP contribution is 2.29. The number of benzene rings is 1. The number of imide groups is 1. The van der Waals surface area contributed by atoms with Gasteiger partial charge in [-0.25, -0.2) is 12.7 Å². The van der Waals surface area contributed by atoms with Crippen molar-refractivity contribution < 1.29 is 28.2 Å². The zero-order chi connectivity index (χ0) is 18.1. The second-order valence-electron chi connectivity index (χ2n) is 5.17. The van der Waals surface area contributed by atoms with Crippen LogP contribution in [-0.4, -0.2) is 66.9 Å². The van der Waals surface area contributed by atoms with Crippen LogP contribution in [0.3, 0.4) is 0 Å². The molecule has 0 aromatic heterocycles. The Morgan fingerprint density at radius 3 is 2.46 bits per heavy atom. The number of nitrogens with one attached hydrogen (secondary N) is 1. The van der Waals surface area contributed by atoms with E-state index in [-0.39, 0.29) is 35.2 Å². The van der Waals surface area contributed by atoms with Crippen molar-refractivity contribution >= 4 is 27.5 Å². The normalized spacial score (nSPS) is 15.2. The zero-order valence-electron chi connectivity index (χ0n) is 13.1. The van der Waals surface area contributed by atoms with E-state index >= 15 is 0 Å². The summed E-state index contributed by atoms with van der Waals surface area (Å²) in [6.07, 6.45) is 1.04. The first kappa shape index (κ1) is 17.9. The lowest BCUT2D eigenvalue weighted by Gasteiger charge is -2.15. The van der Waals surface area contributed by atoms with Crippen LogP contribution < -0.4 is 5.32 Å². The number of aliphatic hydroxyl groups is 1. The number of phenols is 1. The lowest BCUT2D eigenvalue weighted by Crippen LogP contribution is -2.34. The number of aliphatic hydroxyl groups excluding tert-OH is 1. The molecule has 1 aliphatic heterocycles. The van der Waals surface area contributed by atoms with Gasteiger partial charge in [-0.3, -0.25) is 14.5 Å². The van der Waals surface area contributed by atoms with E-state index in [1.807, 2.05) is 0 Å². The number of anilines is 1. The molecule has 1 aromatic rings. The fourth-order valence-corrected chi connectivity index (χ4v) is 2.97. The lowest BCUT2D eigenvalue weighted by atomic mass is 10.2. The summed E-state index contributed by atoms with van der Waals surface area (Å²) in [5.74, 6) is -1.61. The summed E-state index contributed by atoms with van der Waals surface area (Å²) in [7, 11) is -0.979. The molecule has 0 bridgehead atoms. The molecule has 0 spiro atoms. The van der Waals surface area contributed by atoms with Crippen LogP contribution in [0.1, 0.15) is 0 Å². The Bertz CT molecular complexity index is 816. The molecule has 0 saturated heterocycles. The largest absolute Gasteiger partial charge is 0.506 e. The van der Waals surface area contributed by atoms with Gasteiger partial charge in [0.15, 0.2) is 0 Å². The smallest absolute Gasteiger partial charge is 0.277 e. The molecule has 0 unspecified atom stereocenters. The fourth-order valence-electron chi connectivity index (χ4n) is 2.04. The van der Waals surface area contributed by atoms with Gasteiger partial charge < -0.3 is 15.5 Å². The van der Waals surface area contributed by atoms with E-state index in [4.69, 9.17) is 5.11 Å². The zero-order valence-corrected chi connectivity index (χ0v) is 13.9. The van der Waals surface area contributed by atoms with Crippen molar-refractivity contribution in [3.63, 3.8) is 0 Å². The van der Waals surface area contributed by atoms with Crippen LogP contribution >= 0.6 is 0 Å². The van der Waals surface area contributed by atoms with Gasteiger partial charge >= 0.3 is 0 Å². The van der Waals surface area contributed by atoms with E-state index in [0.717, 1.165) is 21.3 Å². The Morgan fingerprint density at radius 2 is 1.92 bits per heavy atom. The molecule has 0 aliphatic carbocycles. The Hall–Kier alpha value is -2.43. The molecule has 1 aliphatic rings. The molecular formula is C14H17N3O6S. The van der Waals surface area contributed by atoms with Gasteiger partial charge in [-0.1, -0.05) is 0 Å². The lowest BCUT2D eigenvalue weighted by molar-refractivity contribution is -0.137. The maximum atomic E-state index is 12.0. The quantitative estimate of drug-likeness (QED) is 0.455. The number of hydrogen-bond acceptors (Lipinski definition) is 7. The van der Waals surface area contributed by atoms with E-state index in [1.165, 1.54) is 26.2 Å². The van der Waals surface area contributed by atoms with Crippen molar-refractivity contribution in [2.24, 2.45) is 0 Å². The van der Waals surface area contributed by atoms with Crippen molar-refractivity contribution in [2.45, 2.75) is 4.90 Å². The third kappa shape index (κ3) is 3.25. The van der Waals surface area contributed by atoms with Gasteiger partial charge in [0, 0.05) is 26.2 Å². The molecule has 1 heterocycles. The van der Waals surface area contributed by atoms with Gasteiger partial charge in [-0.05, 0) is 12.1 Å². The fraction of sp³-hybridized carbons (Fsp3) is 0.286. The average molecular weight is 355 g/mol. The molecular weight excluding hydrogens is 338 g/mol. The number of β-amino-alcohol motifs (C(OH)–C–C–N with tert-alkyl or cyclic N) is 1. The number of sulfonamides is 1. The predicted octanol–water partition coefficient (Wildman–Crippen LogP) is -0.701. The maximum Gasteiger partial charge on any atom is 0.277 e. The Kier molecular flexibility index (Phi) is 4.92. The van der Waals surface area contributed by atoms with Gasteiger partial charge in [-0.2, -0.15) is 0 Å². The van der Waals surface area contributed by atoms with E-state index in [2.05, 4.69) is 5.32 Å². The third-order valence-corrected chi connectivity index (χ3v) is 5.16. The Morgan fingerprint density at radius 1 is 1.25 bits per heavy atom. The van der Waals surface area contributed by atoms with Gasteiger partial charge in [0.05, 0.1) is 23.7 Å². The Labute approximate surface area is 138 Å². The molecule has 24 heavy (non-hydrogen) atoms. The number of nitrogens with zero attached hydrogens (tertiary/aromatic N) is 2. The van der Waals surface area contributed by atoms with Crippen LogP contribution in [0.25, 0.3) is 0 Å². The number of aromatic hydroxyl groups is 1. The van der Waals surface area contributed by atoms with Crippen molar-refractivity contribution in [3.8, 4) is 5.75 Å². The average Bonchev–Trinajstić information content (AvgIpc) is 2.77. The second kappa shape index (κ2) is 6.59. The number of carbonyl (C=O) groups excluding carboxylic acids is 2. The van der Waals surface area contributed by atoms with Crippen LogP contribution in [-0.2, 0) is 19.6 Å². The van der Waals surface area contributed by atoms with E-state index < -0.39 is 21.8 Å². The molecule has 9 nitrogen and oxygen atoms in total. The third-order valence-electron chi connectivity index (χ3n) is 3.35. The summed E-state index contributed by atoms with van der Waals surface area (Å²) in [4.78, 5) is 24.4. The number of phenolic OH excluding ortho intramolecular Hbond substituents is 1. The highest BCUT2D eigenvalue weighted by molar-refractivity contribution is 7.89. The number of amides is 2. The Balaban J connectivity index is 2.25.